The Labute approximate surface area is 176 Å². The molecule has 0 saturated heterocycles. The molecule has 2 aromatic rings. The Morgan fingerprint density at radius 1 is 0.967 bits per heavy atom. The summed E-state index contributed by atoms with van der Waals surface area (Å²) in [5, 5.41) is 2.63. The minimum Gasteiger partial charge on any atom is -0.468 e. The number of ether oxygens (including phenoxy) is 2. The van der Waals surface area contributed by atoms with E-state index in [1.54, 1.807) is 18.2 Å². The highest BCUT2D eigenvalue weighted by Gasteiger charge is 2.25. The van der Waals surface area contributed by atoms with Crippen LogP contribution in [-0.4, -0.2) is 40.2 Å². The predicted molar refractivity (Wildman–Crippen MR) is 111 cm³/mol. The van der Waals surface area contributed by atoms with E-state index in [1.165, 1.54) is 19.2 Å². The number of sulfonamides is 1. The summed E-state index contributed by atoms with van der Waals surface area (Å²) in [4.78, 5) is 23.8. The molecule has 0 radical (unpaired) electrons. The van der Waals surface area contributed by atoms with Crippen LogP contribution >= 0.6 is 0 Å². The maximum atomic E-state index is 12.4. The van der Waals surface area contributed by atoms with E-state index in [2.05, 4.69) is 10.0 Å². The zero-order valence-electron chi connectivity index (χ0n) is 16.7. The fraction of sp³-hybridized carbons (Fsp3) is 0.333. The summed E-state index contributed by atoms with van der Waals surface area (Å²) >= 11 is 0. The van der Waals surface area contributed by atoms with Gasteiger partial charge in [-0.25, -0.2) is 13.2 Å². The van der Waals surface area contributed by atoms with Crippen molar-refractivity contribution in [3.05, 3.63) is 66.2 Å². The van der Waals surface area contributed by atoms with Crippen LogP contribution in [0.1, 0.15) is 24.8 Å². The Bertz CT molecular complexity index is 904. The van der Waals surface area contributed by atoms with E-state index in [0.717, 1.165) is 5.56 Å². The lowest BCUT2D eigenvalue weighted by Crippen LogP contribution is -2.41. The second-order valence-electron chi connectivity index (χ2n) is 6.49. The van der Waals surface area contributed by atoms with Gasteiger partial charge in [-0.3, -0.25) is 4.79 Å². The number of rotatable bonds is 11. The quantitative estimate of drug-likeness (QED) is 0.415. The number of carbonyl (C=O) groups is 2. The number of hydrogen-bond donors (Lipinski definition) is 2. The van der Waals surface area contributed by atoms with E-state index in [1.807, 2.05) is 30.3 Å². The smallest absolute Gasteiger partial charge is 0.407 e. The van der Waals surface area contributed by atoms with Crippen LogP contribution in [0.3, 0.4) is 0 Å². The van der Waals surface area contributed by atoms with Crippen LogP contribution in [0, 0.1) is 0 Å². The van der Waals surface area contributed by atoms with Crippen molar-refractivity contribution in [1.29, 1.82) is 0 Å². The van der Waals surface area contributed by atoms with Crippen molar-refractivity contribution in [2.45, 2.75) is 36.8 Å². The maximum absolute atomic E-state index is 12.4. The molecule has 0 aromatic heterocycles. The molecule has 162 valence electrons. The molecule has 0 heterocycles. The number of amides is 1. The molecule has 2 rings (SSSR count). The van der Waals surface area contributed by atoms with Crippen molar-refractivity contribution >= 4 is 22.1 Å². The molecule has 8 nitrogen and oxygen atoms in total. The zero-order valence-corrected chi connectivity index (χ0v) is 17.6. The third-order valence-electron chi connectivity index (χ3n) is 4.24. The van der Waals surface area contributed by atoms with Gasteiger partial charge >= 0.3 is 12.1 Å². The second kappa shape index (κ2) is 11.9. The zero-order chi connectivity index (χ0) is 21.8. The Balaban J connectivity index is 1.74. The van der Waals surface area contributed by atoms with Crippen molar-refractivity contribution in [3.8, 4) is 0 Å². The number of hydrogen-bond acceptors (Lipinski definition) is 6. The first-order valence-corrected chi connectivity index (χ1v) is 11.0. The molecule has 0 aliphatic carbocycles. The fourth-order valence-electron chi connectivity index (χ4n) is 2.66. The van der Waals surface area contributed by atoms with E-state index in [9.17, 15) is 18.0 Å². The van der Waals surface area contributed by atoms with Gasteiger partial charge in [-0.05, 0) is 37.0 Å². The summed E-state index contributed by atoms with van der Waals surface area (Å²) in [6.45, 7) is 0.519. The van der Waals surface area contributed by atoms with Crippen molar-refractivity contribution in [2.75, 3.05) is 13.7 Å². The maximum Gasteiger partial charge on any atom is 0.407 e. The van der Waals surface area contributed by atoms with E-state index in [-0.39, 0.29) is 17.9 Å². The Kier molecular flexibility index (Phi) is 9.30. The molecule has 0 bridgehead atoms. The molecule has 9 heteroatoms. The van der Waals surface area contributed by atoms with Crippen LogP contribution < -0.4 is 10.0 Å². The van der Waals surface area contributed by atoms with Gasteiger partial charge in [0.1, 0.15) is 12.6 Å². The number of unbranched alkanes of at least 4 members (excludes halogenated alkanes) is 1. The highest BCUT2D eigenvalue weighted by atomic mass is 32.2. The highest BCUT2D eigenvalue weighted by molar-refractivity contribution is 7.89. The number of benzene rings is 2. The molecule has 0 fully saturated rings. The lowest BCUT2D eigenvalue weighted by molar-refractivity contribution is -0.142. The minimum absolute atomic E-state index is 0.0710. The van der Waals surface area contributed by atoms with Gasteiger partial charge in [0.15, 0.2) is 0 Å². The van der Waals surface area contributed by atoms with Crippen LogP contribution in [0.4, 0.5) is 4.79 Å². The van der Waals surface area contributed by atoms with Gasteiger partial charge in [-0.1, -0.05) is 48.5 Å². The molecular formula is C21H26N2O6S. The van der Waals surface area contributed by atoms with E-state index >= 15 is 0 Å². The fourth-order valence-corrected chi connectivity index (χ4v) is 3.90. The third kappa shape index (κ3) is 7.84. The summed E-state index contributed by atoms with van der Waals surface area (Å²) < 4.78 is 37.1. The summed E-state index contributed by atoms with van der Waals surface area (Å²) in [6, 6.07) is 16.1. The lowest BCUT2D eigenvalue weighted by Gasteiger charge is -2.16. The van der Waals surface area contributed by atoms with Gasteiger partial charge in [-0.15, -0.1) is 0 Å². The number of carbonyl (C=O) groups excluding carboxylic acids is 2. The Morgan fingerprint density at radius 3 is 2.23 bits per heavy atom. The molecule has 0 aliphatic rings. The molecule has 0 spiro atoms. The van der Waals surface area contributed by atoms with E-state index in [0.29, 0.717) is 19.4 Å². The van der Waals surface area contributed by atoms with Gasteiger partial charge in [0.05, 0.1) is 12.0 Å². The summed E-state index contributed by atoms with van der Waals surface area (Å²) in [5.74, 6) is -0.662. The summed E-state index contributed by atoms with van der Waals surface area (Å²) in [5.41, 5.74) is 0.888. The van der Waals surface area contributed by atoms with Crippen molar-refractivity contribution < 1.29 is 27.5 Å². The van der Waals surface area contributed by atoms with Crippen molar-refractivity contribution in [2.24, 2.45) is 0 Å². The Hall–Kier alpha value is -2.91. The SMILES string of the molecule is COC(=O)[C@H](CCCCNC(=O)OCc1ccccc1)NS(=O)(=O)c1ccccc1. The van der Waals surface area contributed by atoms with Crippen molar-refractivity contribution in [1.82, 2.24) is 10.0 Å². The largest absolute Gasteiger partial charge is 0.468 e. The van der Waals surface area contributed by atoms with Crippen molar-refractivity contribution in [3.63, 3.8) is 0 Å². The summed E-state index contributed by atoms with van der Waals surface area (Å²) in [7, 11) is -2.64. The molecule has 0 unspecified atom stereocenters. The molecule has 0 saturated carbocycles. The van der Waals surface area contributed by atoms with E-state index in [4.69, 9.17) is 9.47 Å². The van der Waals surface area contributed by atoms with E-state index < -0.39 is 28.1 Å². The van der Waals surface area contributed by atoms with Gasteiger partial charge in [0.25, 0.3) is 0 Å². The molecule has 0 aliphatic heterocycles. The molecule has 1 atom stereocenters. The molecule has 30 heavy (non-hydrogen) atoms. The van der Waals surface area contributed by atoms with Crippen LogP contribution in [-0.2, 0) is 30.9 Å². The number of nitrogens with one attached hydrogen (secondary N) is 2. The minimum atomic E-state index is -3.85. The van der Waals surface area contributed by atoms with Gasteiger partial charge in [0.2, 0.25) is 10.0 Å². The average molecular weight is 435 g/mol. The second-order valence-corrected chi connectivity index (χ2v) is 8.21. The monoisotopic (exact) mass is 434 g/mol. The van der Waals surface area contributed by atoms with Gasteiger partial charge < -0.3 is 14.8 Å². The summed E-state index contributed by atoms with van der Waals surface area (Å²) in [6.07, 6.45) is 0.740. The predicted octanol–water partition coefficient (Wildman–Crippen LogP) is 2.60. The number of alkyl carbamates (subject to hydrolysis) is 1. The van der Waals surface area contributed by atoms with Crippen LogP contribution in [0.15, 0.2) is 65.6 Å². The van der Waals surface area contributed by atoms with Gasteiger partial charge in [-0.2, -0.15) is 4.72 Å². The van der Waals surface area contributed by atoms with Crippen LogP contribution in [0.25, 0.3) is 0 Å². The van der Waals surface area contributed by atoms with Gasteiger partial charge in [0, 0.05) is 6.54 Å². The lowest BCUT2D eigenvalue weighted by atomic mass is 10.1. The highest BCUT2D eigenvalue weighted by Crippen LogP contribution is 2.11. The first-order chi connectivity index (χ1) is 14.4. The average Bonchev–Trinajstić information content (AvgIpc) is 2.77. The molecule has 1 amide bonds. The topological polar surface area (TPSA) is 111 Å². The first kappa shape index (κ1) is 23.4. The Morgan fingerprint density at radius 2 is 1.60 bits per heavy atom. The first-order valence-electron chi connectivity index (χ1n) is 9.52. The van der Waals surface area contributed by atoms with Crippen LogP contribution in [0.5, 0.6) is 0 Å². The third-order valence-corrected chi connectivity index (χ3v) is 5.73. The molecule has 2 N–H and O–H groups in total. The molecule has 2 aromatic carbocycles. The molecular weight excluding hydrogens is 408 g/mol. The standard InChI is InChI=1S/C21H26N2O6S/c1-28-20(24)19(23-30(26,27)18-12-6-3-7-13-18)14-8-9-15-22-21(25)29-16-17-10-4-2-5-11-17/h2-7,10-13,19,23H,8-9,14-16H2,1H3,(H,22,25)/t19-/m0/s1. The number of methoxy groups -OCH3 is 1. The number of esters is 1. The normalized spacial score (nSPS) is 12.0. The van der Waals surface area contributed by atoms with Crippen LogP contribution in [0.2, 0.25) is 0 Å².